The summed E-state index contributed by atoms with van der Waals surface area (Å²) in [6.07, 6.45) is 3.08. The smallest absolute Gasteiger partial charge is 0.254 e. The van der Waals surface area contributed by atoms with Crippen LogP contribution in [0.5, 0.6) is 0 Å². The van der Waals surface area contributed by atoms with Crippen molar-refractivity contribution in [2.24, 2.45) is 5.84 Å². The molecule has 108 valence electrons. The van der Waals surface area contributed by atoms with Crippen LogP contribution in [-0.4, -0.2) is 39.1 Å². The highest BCUT2D eigenvalue weighted by molar-refractivity contribution is 5.95. The monoisotopic (exact) mass is 276 g/mol. The van der Waals surface area contributed by atoms with Crippen LogP contribution in [0.3, 0.4) is 0 Å². The van der Waals surface area contributed by atoms with Gasteiger partial charge in [0.2, 0.25) is 0 Å². The fourth-order valence-corrected chi connectivity index (χ4v) is 3.49. The lowest BCUT2D eigenvalue weighted by Crippen LogP contribution is -2.48. The minimum absolute atomic E-state index is 0.0198. The van der Waals surface area contributed by atoms with Crippen LogP contribution in [0.4, 0.5) is 5.82 Å². The van der Waals surface area contributed by atoms with Crippen molar-refractivity contribution in [2.45, 2.75) is 50.8 Å². The number of aliphatic hydroxyl groups excluding tert-OH is 1. The largest absolute Gasteiger partial charge is 0.393 e. The number of carbonyl (C=O) groups excluding carboxylic acids is 1. The van der Waals surface area contributed by atoms with Crippen LogP contribution in [0.15, 0.2) is 12.1 Å². The highest BCUT2D eigenvalue weighted by atomic mass is 16.3. The van der Waals surface area contributed by atoms with Crippen LogP contribution in [0.25, 0.3) is 0 Å². The van der Waals surface area contributed by atoms with Gasteiger partial charge in [-0.25, -0.2) is 10.8 Å². The fraction of sp³-hybridized carbons (Fsp3) is 0.571. The van der Waals surface area contributed by atoms with E-state index in [-0.39, 0.29) is 24.1 Å². The normalized spacial score (nSPS) is 28.6. The van der Waals surface area contributed by atoms with Gasteiger partial charge < -0.3 is 15.4 Å². The van der Waals surface area contributed by atoms with Gasteiger partial charge in [-0.1, -0.05) is 0 Å². The Morgan fingerprint density at radius 2 is 2.05 bits per heavy atom. The number of aromatic nitrogens is 1. The number of amides is 1. The molecule has 2 unspecified atom stereocenters. The zero-order chi connectivity index (χ0) is 14.3. The number of hydrazine groups is 1. The minimum Gasteiger partial charge on any atom is -0.393 e. The van der Waals surface area contributed by atoms with Gasteiger partial charge in [0.25, 0.3) is 5.91 Å². The summed E-state index contributed by atoms with van der Waals surface area (Å²) in [4.78, 5) is 18.9. The van der Waals surface area contributed by atoms with E-state index in [9.17, 15) is 9.90 Å². The number of piperidine rings is 1. The molecule has 3 heterocycles. The molecule has 2 atom stereocenters. The molecule has 2 fully saturated rings. The molecule has 2 aliphatic rings. The third kappa shape index (κ3) is 2.25. The van der Waals surface area contributed by atoms with E-state index in [4.69, 9.17) is 5.84 Å². The summed E-state index contributed by atoms with van der Waals surface area (Å²) in [7, 11) is 0. The van der Waals surface area contributed by atoms with Gasteiger partial charge in [-0.15, -0.1) is 0 Å². The maximum atomic E-state index is 12.7. The van der Waals surface area contributed by atoms with Gasteiger partial charge in [-0.05, 0) is 44.7 Å². The van der Waals surface area contributed by atoms with Crippen molar-refractivity contribution >= 4 is 11.7 Å². The molecule has 6 heteroatoms. The number of carbonyl (C=O) groups is 1. The first-order chi connectivity index (χ1) is 9.58. The van der Waals surface area contributed by atoms with E-state index < -0.39 is 0 Å². The molecule has 0 spiro atoms. The molecule has 1 aromatic rings. The van der Waals surface area contributed by atoms with Gasteiger partial charge in [-0.3, -0.25) is 4.79 Å². The molecule has 4 N–H and O–H groups in total. The van der Waals surface area contributed by atoms with Gasteiger partial charge in [0.15, 0.2) is 0 Å². The number of nitrogens with one attached hydrogen (secondary N) is 1. The van der Waals surface area contributed by atoms with Crippen LogP contribution >= 0.6 is 0 Å². The van der Waals surface area contributed by atoms with E-state index >= 15 is 0 Å². The third-order valence-electron chi connectivity index (χ3n) is 4.29. The van der Waals surface area contributed by atoms with Crippen LogP contribution < -0.4 is 11.3 Å². The first-order valence-electron chi connectivity index (χ1n) is 7.04. The molecule has 0 radical (unpaired) electrons. The second-order valence-corrected chi connectivity index (χ2v) is 5.75. The van der Waals surface area contributed by atoms with Crippen LogP contribution in [0.1, 0.15) is 41.7 Å². The lowest BCUT2D eigenvalue weighted by Gasteiger charge is -2.37. The third-order valence-corrected chi connectivity index (χ3v) is 4.29. The summed E-state index contributed by atoms with van der Waals surface area (Å²) in [6.45, 7) is 1.84. The number of nitrogens with zero attached hydrogens (tertiary/aromatic N) is 2. The predicted molar refractivity (Wildman–Crippen MR) is 75.0 cm³/mol. The fourth-order valence-electron chi connectivity index (χ4n) is 3.49. The number of hydrogen-bond acceptors (Lipinski definition) is 5. The van der Waals surface area contributed by atoms with Crippen LogP contribution in [0, 0.1) is 6.92 Å². The van der Waals surface area contributed by atoms with Crippen LogP contribution in [0.2, 0.25) is 0 Å². The Hall–Kier alpha value is -1.66. The van der Waals surface area contributed by atoms with E-state index in [2.05, 4.69) is 10.4 Å². The van der Waals surface area contributed by atoms with Crippen molar-refractivity contribution in [3.63, 3.8) is 0 Å². The summed E-state index contributed by atoms with van der Waals surface area (Å²) < 4.78 is 0. The number of hydrogen-bond donors (Lipinski definition) is 3. The molecule has 1 amide bonds. The van der Waals surface area contributed by atoms with Gasteiger partial charge in [0.05, 0.1) is 6.10 Å². The van der Waals surface area contributed by atoms with Gasteiger partial charge in [0, 0.05) is 23.3 Å². The van der Waals surface area contributed by atoms with Crippen molar-refractivity contribution in [1.82, 2.24) is 9.88 Å². The number of nitrogen functional groups attached to an aromatic ring is 1. The molecule has 20 heavy (non-hydrogen) atoms. The highest BCUT2D eigenvalue weighted by Gasteiger charge is 2.42. The van der Waals surface area contributed by atoms with E-state index in [0.29, 0.717) is 24.2 Å². The predicted octanol–water partition coefficient (Wildman–Crippen LogP) is 0.804. The van der Waals surface area contributed by atoms with Crippen molar-refractivity contribution < 1.29 is 9.90 Å². The second kappa shape index (κ2) is 5.03. The minimum atomic E-state index is -0.267. The maximum absolute atomic E-state index is 12.7. The number of anilines is 1. The summed E-state index contributed by atoms with van der Waals surface area (Å²) in [5.41, 5.74) is 3.86. The van der Waals surface area contributed by atoms with E-state index in [0.717, 1.165) is 18.5 Å². The molecule has 2 bridgehead atoms. The SMILES string of the molecule is Cc1cc(C(=O)N2C3CCC2CC(O)C3)cc(NN)n1. The average Bonchev–Trinajstić information content (AvgIpc) is 2.69. The quantitative estimate of drug-likeness (QED) is 0.549. The Morgan fingerprint density at radius 3 is 2.65 bits per heavy atom. The van der Waals surface area contributed by atoms with Gasteiger partial charge in [0.1, 0.15) is 5.82 Å². The first kappa shape index (κ1) is 13.3. The number of aryl methyl sites for hydroxylation is 1. The lowest BCUT2D eigenvalue weighted by atomic mass is 9.99. The zero-order valence-corrected chi connectivity index (χ0v) is 11.5. The number of rotatable bonds is 2. The Bertz CT molecular complexity index is 520. The van der Waals surface area contributed by atoms with Crippen molar-refractivity contribution in [1.29, 1.82) is 0 Å². The zero-order valence-electron chi connectivity index (χ0n) is 11.5. The summed E-state index contributed by atoms with van der Waals surface area (Å²) in [6, 6.07) is 3.80. The second-order valence-electron chi connectivity index (χ2n) is 5.75. The van der Waals surface area contributed by atoms with E-state index in [1.54, 1.807) is 12.1 Å². The Kier molecular flexibility index (Phi) is 3.35. The summed E-state index contributed by atoms with van der Waals surface area (Å²) >= 11 is 0. The number of aliphatic hydroxyl groups is 1. The van der Waals surface area contributed by atoms with Gasteiger partial charge >= 0.3 is 0 Å². The molecule has 0 saturated carbocycles. The van der Waals surface area contributed by atoms with E-state index in [1.807, 2.05) is 11.8 Å². The number of pyridine rings is 1. The maximum Gasteiger partial charge on any atom is 0.254 e. The summed E-state index contributed by atoms with van der Waals surface area (Å²) in [5, 5.41) is 9.81. The van der Waals surface area contributed by atoms with Crippen molar-refractivity contribution in [3.8, 4) is 0 Å². The van der Waals surface area contributed by atoms with E-state index in [1.165, 1.54) is 0 Å². The highest BCUT2D eigenvalue weighted by Crippen LogP contribution is 2.36. The number of nitrogens with two attached hydrogens (primary N) is 1. The first-order valence-corrected chi connectivity index (χ1v) is 7.04. The Balaban J connectivity index is 1.88. The molecule has 1 aromatic heterocycles. The molecular formula is C14H20N4O2. The molecule has 6 nitrogen and oxygen atoms in total. The van der Waals surface area contributed by atoms with Crippen LogP contribution in [-0.2, 0) is 0 Å². The molecule has 0 aliphatic carbocycles. The standard InChI is InChI=1S/C14H20N4O2/c1-8-4-9(5-13(16-8)17-15)14(20)18-10-2-3-11(18)7-12(19)6-10/h4-5,10-12,19H,2-3,6-7,15H2,1H3,(H,16,17). The number of fused-ring (bicyclic) bond motifs is 2. The average molecular weight is 276 g/mol. The molecule has 2 saturated heterocycles. The van der Waals surface area contributed by atoms with Crippen molar-refractivity contribution in [2.75, 3.05) is 5.43 Å². The molecule has 3 rings (SSSR count). The summed E-state index contributed by atoms with van der Waals surface area (Å²) in [5.74, 6) is 5.90. The molecule has 2 aliphatic heterocycles. The van der Waals surface area contributed by atoms with Crippen molar-refractivity contribution in [3.05, 3.63) is 23.4 Å². The molecule has 0 aromatic carbocycles. The molecular weight excluding hydrogens is 256 g/mol. The Morgan fingerprint density at radius 1 is 1.40 bits per heavy atom. The lowest BCUT2D eigenvalue weighted by molar-refractivity contribution is 0.0287. The topological polar surface area (TPSA) is 91.5 Å². The van der Waals surface area contributed by atoms with Gasteiger partial charge in [-0.2, -0.15) is 0 Å². The Labute approximate surface area is 117 Å².